The van der Waals surface area contributed by atoms with E-state index in [0.29, 0.717) is 29.5 Å². The summed E-state index contributed by atoms with van der Waals surface area (Å²) in [6, 6.07) is 1.93. The van der Waals surface area contributed by atoms with Crippen molar-refractivity contribution in [2.24, 2.45) is 0 Å². The summed E-state index contributed by atoms with van der Waals surface area (Å²) in [6.45, 7) is 6.43. The molecule has 0 atom stereocenters. The third-order valence-corrected chi connectivity index (χ3v) is 5.03. The number of carbonyl (C=O) groups excluding carboxylic acids is 1. The number of aromatic nitrogens is 6. The second-order valence-electron chi connectivity index (χ2n) is 5.65. The Labute approximate surface area is 147 Å². The number of thiophene rings is 1. The monoisotopic (exact) mass is 356 g/mol. The van der Waals surface area contributed by atoms with E-state index in [1.54, 1.807) is 22.4 Å². The van der Waals surface area contributed by atoms with Crippen LogP contribution in [-0.2, 0) is 11.3 Å². The Bertz CT molecular complexity index is 1090. The van der Waals surface area contributed by atoms with Crippen molar-refractivity contribution in [3.05, 3.63) is 40.5 Å². The number of nitrogens with zero attached hydrogens (tertiary/aromatic N) is 6. The number of ether oxygens (including phenoxy) is 1. The van der Waals surface area contributed by atoms with Crippen molar-refractivity contribution < 1.29 is 9.53 Å². The Balaban J connectivity index is 1.81. The molecule has 0 saturated carbocycles. The third kappa shape index (κ3) is 2.66. The van der Waals surface area contributed by atoms with Gasteiger partial charge in [-0.3, -0.25) is 4.68 Å². The maximum Gasteiger partial charge on any atom is 0.348 e. The highest BCUT2D eigenvalue weighted by molar-refractivity contribution is 7.20. The smallest absolute Gasteiger partial charge is 0.348 e. The summed E-state index contributed by atoms with van der Waals surface area (Å²) in [5.41, 5.74) is 2.46. The van der Waals surface area contributed by atoms with Gasteiger partial charge in [0, 0.05) is 6.20 Å². The van der Waals surface area contributed by atoms with Gasteiger partial charge in [-0.25, -0.2) is 19.3 Å². The number of esters is 1. The second-order valence-corrected chi connectivity index (χ2v) is 6.65. The van der Waals surface area contributed by atoms with Crippen molar-refractivity contribution in [3.63, 3.8) is 0 Å². The molecule has 4 aromatic rings. The fourth-order valence-electron chi connectivity index (χ4n) is 2.73. The van der Waals surface area contributed by atoms with Gasteiger partial charge in [0.15, 0.2) is 11.5 Å². The Morgan fingerprint density at radius 3 is 2.88 bits per heavy atom. The first-order valence-electron chi connectivity index (χ1n) is 7.87. The molecule has 0 N–H and O–H groups in total. The highest BCUT2D eigenvalue weighted by Gasteiger charge is 2.21. The van der Waals surface area contributed by atoms with E-state index >= 15 is 0 Å². The van der Waals surface area contributed by atoms with E-state index in [2.05, 4.69) is 20.2 Å². The molecule has 0 aromatic carbocycles. The number of fused-ring (bicyclic) bond motifs is 3. The Kier molecular flexibility index (Phi) is 3.72. The molecule has 4 heterocycles. The molecule has 4 aromatic heterocycles. The molecule has 4 rings (SSSR count). The second kappa shape index (κ2) is 5.92. The van der Waals surface area contributed by atoms with E-state index in [4.69, 9.17) is 4.74 Å². The van der Waals surface area contributed by atoms with E-state index in [0.717, 1.165) is 21.5 Å². The van der Waals surface area contributed by atoms with Gasteiger partial charge in [-0.1, -0.05) is 0 Å². The van der Waals surface area contributed by atoms with Crippen LogP contribution in [0.25, 0.3) is 15.9 Å². The zero-order valence-electron chi connectivity index (χ0n) is 14.1. The minimum atomic E-state index is -0.326. The quantitative estimate of drug-likeness (QED) is 0.522. The van der Waals surface area contributed by atoms with E-state index in [1.165, 1.54) is 11.3 Å². The highest BCUT2D eigenvalue weighted by Crippen LogP contribution is 2.32. The van der Waals surface area contributed by atoms with Gasteiger partial charge in [0.25, 0.3) is 0 Å². The molecular weight excluding hydrogens is 340 g/mol. The number of hydrogen-bond donors (Lipinski definition) is 0. The predicted octanol–water partition coefficient (Wildman–Crippen LogP) is 2.38. The summed E-state index contributed by atoms with van der Waals surface area (Å²) in [5.74, 6) is 0.314. The minimum absolute atomic E-state index is 0.326. The summed E-state index contributed by atoms with van der Waals surface area (Å²) in [4.78, 5) is 22.5. The molecule has 128 valence electrons. The van der Waals surface area contributed by atoms with Crippen LogP contribution in [0.5, 0.6) is 0 Å². The Hall–Kier alpha value is -2.81. The van der Waals surface area contributed by atoms with Crippen LogP contribution in [0.2, 0.25) is 0 Å². The van der Waals surface area contributed by atoms with E-state index in [9.17, 15) is 4.79 Å². The molecule has 0 amide bonds. The molecule has 0 aliphatic rings. The molecule has 0 saturated heterocycles. The van der Waals surface area contributed by atoms with Crippen LogP contribution in [0.4, 0.5) is 0 Å². The largest absolute Gasteiger partial charge is 0.462 e. The predicted molar refractivity (Wildman–Crippen MR) is 92.9 cm³/mol. The summed E-state index contributed by atoms with van der Waals surface area (Å²) < 4.78 is 8.56. The van der Waals surface area contributed by atoms with Gasteiger partial charge in [-0.2, -0.15) is 5.10 Å². The van der Waals surface area contributed by atoms with Crippen molar-refractivity contribution >= 4 is 33.2 Å². The molecule has 0 aliphatic heterocycles. The molecule has 0 spiro atoms. The van der Waals surface area contributed by atoms with Crippen molar-refractivity contribution in [1.82, 2.24) is 29.4 Å². The average molecular weight is 356 g/mol. The number of hydrogen-bond acceptors (Lipinski definition) is 7. The van der Waals surface area contributed by atoms with Crippen LogP contribution >= 0.6 is 11.3 Å². The fourth-order valence-corrected chi connectivity index (χ4v) is 3.77. The number of carbonyl (C=O) groups is 1. The Morgan fingerprint density at radius 1 is 1.32 bits per heavy atom. The Morgan fingerprint density at radius 2 is 2.16 bits per heavy atom. The van der Waals surface area contributed by atoms with Gasteiger partial charge in [0.1, 0.15) is 22.6 Å². The number of aryl methyl sites for hydroxylation is 2. The molecular formula is C16H16N6O2S. The third-order valence-electron chi connectivity index (χ3n) is 3.85. The molecule has 0 aliphatic carbocycles. The van der Waals surface area contributed by atoms with Crippen molar-refractivity contribution in [3.8, 4) is 0 Å². The maximum atomic E-state index is 12.1. The molecule has 0 bridgehead atoms. The molecule has 0 fully saturated rings. The highest BCUT2D eigenvalue weighted by atomic mass is 32.1. The van der Waals surface area contributed by atoms with Gasteiger partial charge < -0.3 is 4.74 Å². The van der Waals surface area contributed by atoms with Crippen LogP contribution in [0, 0.1) is 13.8 Å². The van der Waals surface area contributed by atoms with Gasteiger partial charge in [-0.05, 0) is 32.4 Å². The van der Waals surface area contributed by atoms with Gasteiger partial charge in [0.05, 0.1) is 17.7 Å². The van der Waals surface area contributed by atoms with Crippen molar-refractivity contribution in [1.29, 1.82) is 0 Å². The average Bonchev–Trinajstić information content (AvgIpc) is 3.25. The summed E-state index contributed by atoms with van der Waals surface area (Å²) in [5, 5.41) is 9.66. The van der Waals surface area contributed by atoms with E-state index in [-0.39, 0.29) is 5.97 Å². The zero-order chi connectivity index (χ0) is 17.6. The van der Waals surface area contributed by atoms with Crippen molar-refractivity contribution in [2.75, 3.05) is 6.61 Å². The molecule has 25 heavy (non-hydrogen) atoms. The van der Waals surface area contributed by atoms with Crippen LogP contribution in [0.15, 0.2) is 18.6 Å². The van der Waals surface area contributed by atoms with Gasteiger partial charge >= 0.3 is 5.97 Å². The normalized spacial score (nSPS) is 11.5. The lowest BCUT2D eigenvalue weighted by atomic mass is 10.2. The van der Waals surface area contributed by atoms with Crippen molar-refractivity contribution in [2.45, 2.75) is 27.3 Å². The lowest BCUT2D eigenvalue weighted by Crippen LogP contribution is -2.03. The molecule has 8 nitrogen and oxygen atoms in total. The van der Waals surface area contributed by atoms with Crippen LogP contribution in [0.3, 0.4) is 0 Å². The van der Waals surface area contributed by atoms with E-state index < -0.39 is 0 Å². The summed E-state index contributed by atoms with van der Waals surface area (Å²) in [7, 11) is 0. The summed E-state index contributed by atoms with van der Waals surface area (Å²) >= 11 is 1.32. The zero-order valence-corrected chi connectivity index (χ0v) is 14.9. The minimum Gasteiger partial charge on any atom is -0.462 e. The topological polar surface area (TPSA) is 87.2 Å². The first kappa shape index (κ1) is 15.7. The SMILES string of the molecule is CCOC(=O)c1sc2ncn3nc(Cn4ccc(C)n4)nc3c2c1C. The van der Waals surface area contributed by atoms with E-state index in [1.807, 2.05) is 26.1 Å². The summed E-state index contributed by atoms with van der Waals surface area (Å²) in [6.07, 6.45) is 3.51. The fraction of sp³-hybridized carbons (Fsp3) is 0.312. The first-order chi connectivity index (χ1) is 12.1. The maximum absolute atomic E-state index is 12.1. The lowest BCUT2D eigenvalue weighted by Gasteiger charge is -1.99. The standard InChI is InChI=1S/C16H16N6O2S/c1-4-24-16(23)13-10(3)12-14-18-11(7-21-6-5-9(2)19-21)20-22(14)8-17-15(12)25-13/h5-6,8H,4,7H2,1-3H3. The van der Waals surface area contributed by atoms with Gasteiger partial charge in [0.2, 0.25) is 0 Å². The lowest BCUT2D eigenvalue weighted by molar-refractivity contribution is 0.0531. The first-order valence-corrected chi connectivity index (χ1v) is 8.69. The van der Waals surface area contributed by atoms with Crippen LogP contribution in [-0.4, -0.2) is 41.9 Å². The van der Waals surface area contributed by atoms with Crippen LogP contribution < -0.4 is 0 Å². The molecule has 0 radical (unpaired) electrons. The van der Waals surface area contributed by atoms with Gasteiger partial charge in [-0.15, -0.1) is 16.4 Å². The van der Waals surface area contributed by atoms with Crippen LogP contribution in [0.1, 0.15) is 33.7 Å². The molecule has 9 heteroatoms. The number of rotatable bonds is 4. The molecule has 0 unspecified atom stereocenters.